The van der Waals surface area contributed by atoms with Crippen LogP contribution in [0.5, 0.6) is 0 Å². The average molecular weight is 405 g/mol. The smallest absolute Gasteiger partial charge is 0.313 e. The minimum atomic E-state index is -0.703. The third-order valence-corrected chi connectivity index (χ3v) is 5.39. The number of anilines is 1. The maximum atomic E-state index is 12.3. The number of carbonyl (C=O) groups is 2. The monoisotopic (exact) mass is 404 g/mol. The Hall–Kier alpha value is -3.17. The summed E-state index contributed by atoms with van der Waals surface area (Å²) in [5, 5.41) is 14.0. The molecule has 156 valence electrons. The van der Waals surface area contributed by atoms with Crippen LogP contribution in [0.15, 0.2) is 48.5 Å². The van der Waals surface area contributed by atoms with E-state index in [-0.39, 0.29) is 0 Å². The molecule has 2 amide bonds. The second-order valence-corrected chi connectivity index (χ2v) is 7.92. The highest BCUT2D eigenvalue weighted by Crippen LogP contribution is 2.19. The highest BCUT2D eigenvalue weighted by Gasteiger charge is 2.18. The lowest BCUT2D eigenvalue weighted by atomic mass is 9.99. The first-order valence-corrected chi connectivity index (χ1v) is 10.4. The Bertz CT molecular complexity index is 918. The van der Waals surface area contributed by atoms with E-state index < -0.39 is 11.8 Å². The first-order chi connectivity index (χ1) is 14.5. The van der Waals surface area contributed by atoms with Crippen LogP contribution in [0, 0.1) is 17.2 Å². The van der Waals surface area contributed by atoms with Gasteiger partial charge in [0.15, 0.2) is 0 Å². The van der Waals surface area contributed by atoms with Gasteiger partial charge in [-0.3, -0.25) is 14.5 Å². The van der Waals surface area contributed by atoms with Crippen LogP contribution in [0.1, 0.15) is 36.5 Å². The second kappa shape index (κ2) is 10.6. The summed E-state index contributed by atoms with van der Waals surface area (Å²) in [4.78, 5) is 26.9. The molecule has 1 unspecified atom stereocenters. The predicted molar refractivity (Wildman–Crippen MR) is 116 cm³/mol. The lowest BCUT2D eigenvalue weighted by molar-refractivity contribution is -0.136. The molecule has 2 aromatic carbocycles. The van der Waals surface area contributed by atoms with Crippen molar-refractivity contribution in [1.29, 1.82) is 5.26 Å². The highest BCUT2D eigenvalue weighted by atomic mass is 16.2. The van der Waals surface area contributed by atoms with E-state index in [1.165, 1.54) is 18.4 Å². The molecular formula is C24H28N4O2. The summed E-state index contributed by atoms with van der Waals surface area (Å²) in [7, 11) is 0. The molecule has 0 aliphatic carbocycles. The van der Waals surface area contributed by atoms with Gasteiger partial charge in [0.05, 0.1) is 12.5 Å². The molecule has 0 spiro atoms. The zero-order chi connectivity index (χ0) is 21.3. The Morgan fingerprint density at radius 2 is 1.83 bits per heavy atom. The molecular weight excluding hydrogens is 376 g/mol. The fourth-order valence-corrected chi connectivity index (χ4v) is 3.80. The van der Waals surface area contributed by atoms with Crippen LogP contribution in [0.3, 0.4) is 0 Å². The van der Waals surface area contributed by atoms with E-state index in [1.807, 2.05) is 18.2 Å². The molecule has 3 rings (SSSR count). The number of carbonyl (C=O) groups excluding carboxylic acids is 2. The molecule has 0 aromatic heterocycles. The van der Waals surface area contributed by atoms with E-state index >= 15 is 0 Å². The topological polar surface area (TPSA) is 85.2 Å². The van der Waals surface area contributed by atoms with Crippen LogP contribution in [-0.4, -0.2) is 29.8 Å². The van der Waals surface area contributed by atoms with E-state index in [9.17, 15) is 9.59 Å². The fraction of sp³-hybridized carbons (Fsp3) is 0.375. The Morgan fingerprint density at radius 3 is 2.53 bits per heavy atom. The Morgan fingerprint density at radius 1 is 1.10 bits per heavy atom. The molecule has 1 atom stereocenters. The molecule has 1 saturated heterocycles. The van der Waals surface area contributed by atoms with Crippen molar-refractivity contribution in [3.05, 3.63) is 65.2 Å². The summed E-state index contributed by atoms with van der Waals surface area (Å²) in [6, 6.07) is 17.0. The molecule has 1 aliphatic rings. The van der Waals surface area contributed by atoms with Crippen molar-refractivity contribution in [3.63, 3.8) is 0 Å². The number of amides is 2. The third kappa shape index (κ3) is 6.16. The van der Waals surface area contributed by atoms with Crippen LogP contribution in [-0.2, 0) is 29.1 Å². The Labute approximate surface area is 177 Å². The fourth-order valence-electron chi connectivity index (χ4n) is 3.80. The number of likely N-dealkylation sites (tertiary alicyclic amines) is 1. The van der Waals surface area contributed by atoms with Crippen LogP contribution in [0.25, 0.3) is 0 Å². The van der Waals surface area contributed by atoms with Crippen molar-refractivity contribution in [2.24, 2.45) is 5.92 Å². The first kappa shape index (κ1) is 21.5. The van der Waals surface area contributed by atoms with Gasteiger partial charge in [-0.25, -0.2) is 0 Å². The minimum Gasteiger partial charge on any atom is -0.344 e. The van der Waals surface area contributed by atoms with Gasteiger partial charge in [-0.15, -0.1) is 0 Å². The number of benzene rings is 2. The Balaban J connectivity index is 1.54. The number of hydrogen-bond acceptors (Lipinski definition) is 4. The predicted octanol–water partition coefficient (Wildman–Crippen LogP) is 3.24. The number of nitrogens with one attached hydrogen (secondary N) is 2. The molecule has 6 heteroatoms. The van der Waals surface area contributed by atoms with E-state index in [0.717, 1.165) is 30.8 Å². The normalized spacial score (nSPS) is 16.5. The molecule has 1 fully saturated rings. The summed E-state index contributed by atoms with van der Waals surface area (Å²) in [6.07, 6.45) is 2.81. The van der Waals surface area contributed by atoms with Crippen molar-refractivity contribution < 1.29 is 9.59 Å². The van der Waals surface area contributed by atoms with Crippen LogP contribution in [0.2, 0.25) is 0 Å². The summed E-state index contributed by atoms with van der Waals surface area (Å²) in [5.41, 5.74) is 3.59. The maximum Gasteiger partial charge on any atom is 0.313 e. The summed E-state index contributed by atoms with van der Waals surface area (Å²) < 4.78 is 0. The van der Waals surface area contributed by atoms with Crippen molar-refractivity contribution >= 4 is 17.5 Å². The van der Waals surface area contributed by atoms with Crippen molar-refractivity contribution in [2.45, 2.75) is 39.3 Å². The highest BCUT2D eigenvalue weighted by molar-refractivity contribution is 6.39. The van der Waals surface area contributed by atoms with Gasteiger partial charge in [0.25, 0.3) is 0 Å². The van der Waals surface area contributed by atoms with Gasteiger partial charge >= 0.3 is 11.8 Å². The second-order valence-electron chi connectivity index (χ2n) is 7.92. The summed E-state index contributed by atoms with van der Waals surface area (Å²) >= 11 is 0. The molecule has 2 N–H and O–H groups in total. The quantitative estimate of drug-likeness (QED) is 0.724. The molecule has 30 heavy (non-hydrogen) atoms. The van der Waals surface area contributed by atoms with Crippen LogP contribution >= 0.6 is 0 Å². The molecule has 0 bridgehead atoms. The number of rotatable bonds is 6. The summed E-state index contributed by atoms with van der Waals surface area (Å²) in [5.74, 6) is -0.661. The van der Waals surface area contributed by atoms with E-state index in [4.69, 9.17) is 5.26 Å². The SMILES string of the molecule is CC1CCCN(Cc2ccccc2CNC(=O)C(=O)Nc2ccc(CC#N)cc2)C1. The number of piperidine rings is 1. The van der Waals surface area contributed by atoms with E-state index in [1.54, 1.807) is 24.3 Å². The number of nitrogens with zero attached hydrogens (tertiary/aromatic N) is 2. The van der Waals surface area contributed by atoms with Gasteiger partial charge in [-0.1, -0.05) is 43.3 Å². The lowest BCUT2D eigenvalue weighted by Gasteiger charge is -2.31. The minimum absolute atomic E-state index is 0.310. The number of nitriles is 1. The average Bonchev–Trinajstić information content (AvgIpc) is 2.74. The van der Waals surface area contributed by atoms with Crippen molar-refractivity contribution in [2.75, 3.05) is 18.4 Å². The molecule has 0 radical (unpaired) electrons. The van der Waals surface area contributed by atoms with Crippen LogP contribution < -0.4 is 10.6 Å². The van der Waals surface area contributed by atoms with Gasteiger partial charge in [-0.05, 0) is 54.1 Å². The molecule has 6 nitrogen and oxygen atoms in total. The van der Waals surface area contributed by atoms with Gasteiger partial charge in [0.2, 0.25) is 0 Å². The molecule has 2 aromatic rings. The van der Waals surface area contributed by atoms with E-state index in [0.29, 0.717) is 24.6 Å². The Kier molecular flexibility index (Phi) is 7.58. The standard InChI is InChI=1S/C24H28N4O2/c1-18-5-4-14-28(16-18)17-21-7-3-2-6-20(21)15-26-23(29)24(30)27-22-10-8-19(9-11-22)12-13-25/h2-3,6-11,18H,4-5,12,14-17H2,1H3,(H,26,29)(H,27,30). The van der Waals surface area contributed by atoms with Gasteiger partial charge in [-0.2, -0.15) is 5.26 Å². The van der Waals surface area contributed by atoms with Crippen molar-refractivity contribution in [1.82, 2.24) is 10.2 Å². The molecule has 1 aliphatic heterocycles. The van der Waals surface area contributed by atoms with Crippen molar-refractivity contribution in [3.8, 4) is 6.07 Å². The number of hydrogen-bond donors (Lipinski definition) is 2. The van der Waals surface area contributed by atoms with Crippen LogP contribution in [0.4, 0.5) is 5.69 Å². The third-order valence-electron chi connectivity index (χ3n) is 5.39. The zero-order valence-corrected chi connectivity index (χ0v) is 17.4. The molecule has 1 heterocycles. The first-order valence-electron chi connectivity index (χ1n) is 10.4. The summed E-state index contributed by atoms with van der Waals surface area (Å²) in [6.45, 7) is 5.65. The lowest BCUT2D eigenvalue weighted by Crippen LogP contribution is -2.36. The zero-order valence-electron chi connectivity index (χ0n) is 17.4. The van der Waals surface area contributed by atoms with Gasteiger partial charge < -0.3 is 10.6 Å². The van der Waals surface area contributed by atoms with Gasteiger partial charge in [0.1, 0.15) is 0 Å². The van der Waals surface area contributed by atoms with Gasteiger partial charge in [0, 0.05) is 25.3 Å². The maximum absolute atomic E-state index is 12.3. The largest absolute Gasteiger partial charge is 0.344 e. The molecule has 0 saturated carbocycles. The van der Waals surface area contributed by atoms with E-state index in [2.05, 4.69) is 34.6 Å².